The summed E-state index contributed by atoms with van der Waals surface area (Å²) in [7, 11) is 0. The Morgan fingerprint density at radius 1 is 0.931 bits per heavy atom. The number of rotatable bonds is 6. The third kappa shape index (κ3) is 4.63. The van der Waals surface area contributed by atoms with Gasteiger partial charge in [0, 0.05) is 29.9 Å². The number of hydrogen-bond acceptors (Lipinski definition) is 3. The second-order valence-corrected chi connectivity index (χ2v) is 6.95. The van der Waals surface area contributed by atoms with Crippen LogP contribution >= 0.6 is 0 Å². The molecule has 0 aliphatic carbocycles. The molecule has 0 radical (unpaired) electrons. The van der Waals surface area contributed by atoms with Crippen molar-refractivity contribution in [1.82, 2.24) is 0 Å². The molecule has 0 aromatic heterocycles. The molecule has 1 fully saturated rings. The Hall–Kier alpha value is -3.60. The van der Waals surface area contributed by atoms with Crippen LogP contribution in [0.2, 0.25) is 0 Å². The van der Waals surface area contributed by atoms with Crippen molar-refractivity contribution in [3.05, 3.63) is 90.0 Å². The van der Waals surface area contributed by atoms with Crippen LogP contribution in [0.4, 0.5) is 11.4 Å². The third-order valence-corrected chi connectivity index (χ3v) is 4.88. The topological polar surface area (TPSA) is 58.6 Å². The van der Waals surface area contributed by atoms with Crippen LogP contribution in [-0.4, -0.2) is 18.4 Å². The molecule has 3 aromatic rings. The molecule has 0 saturated carbocycles. The third-order valence-electron chi connectivity index (χ3n) is 4.88. The molecule has 2 amide bonds. The van der Waals surface area contributed by atoms with Crippen molar-refractivity contribution in [3.8, 4) is 5.75 Å². The van der Waals surface area contributed by atoms with Crippen molar-refractivity contribution in [1.29, 1.82) is 0 Å². The monoisotopic (exact) mass is 386 g/mol. The minimum absolute atomic E-state index is 0.151. The van der Waals surface area contributed by atoms with Gasteiger partial charge in [0.25, 0.3) is 5.91 Å². The first-order valence-corrected chi connectivity index (χ1v) is 9.68. The molecule has 1 aliphatic heterocycles. The van der Waals surface area contributed by atoms with Crippen molar-refractivity contribution in [2.75, 3.05) is 16.8 Å². The van der Waals surface area contributed by atoms with Crippen LogP contribution < -0.4 is 15.0 Å². The maximum absolute atomic E-state index is 12.5. The number of hydrogen-bond donors (Lipinski definition) is 1. The fourth-order valence-corrected chi connectivity index (χ4v) is 3.28. The molecule has 146 valence electrons. The minimum atomic E-state index is -0.175. The van der Waals surface area contributed by atoms with Gasteiger partial charge in [-0.1, -0.05) is 30.3 Å². The molecule has 0 unspecified atom stereocenters. The van der Waals surface area contributed by atoms with Crippen LogP contribution in [0.3, 0.4) is 0 Å². The number of ether oxygens (including phenoxy) is 1. The van der Waals surface area contributed by atoms with Crippen molar-refractivity contribution in [2.24, 2.45) is 0 Å². The summed E-state index contributed by atoms with van der Waals surface area (Å²) in [5, 5.41) is 2.89. The molecule has 1 N–H and O–H groups in total. The molecule has 0 atom stereocenters. The van der Waals surface area contributed by atoms with E-state index in [9.17, 15) is 9.59 Å². The smallest absolute Gasteiger partial charge is 0.255 e. The lowest BCUT2D eigenvalue weighted by Gasteiger charge is -2.16. The van der Waals surface area contributed by atoms with Gasteiger partial charge in [0.1, 0.15) is 12.4 Å². The lowest BCUT2D eigenvalue weighted by atomic mass is 10.1. The van der Waals surface area contributed by atoms with Crippen molar-refractivity contribution >= 4 is 23.2 Å². The Balaban J connectivity index is 1.34. The first-order valence-electron chi connectivity index (χ1n) is 9.68. The molecule has 3 aromatic carbocycles. The summed E-state index contributed by atoms with van der Waals surface area (Å²) in [4.78, 5) is 26.1. The van der Waals surface area contributed by atoms with Gasteiger partial charge in [0.15, 0.2) is 0 Å². The number of benzene rings is 3. The predicted octanol–water partition coefficient (Wildman–Crippen LogP) is 4.64. The van der Waals surface area contributed by atoms with Crippen molar-refractivity contribution in [2.45, 2.75) is 19.4 Å². The Kier molecular flexibility index (Phi) is 5.56. The number of carbonyl (C=O) groups is 2. The number of carbonyl (C=O) groups excluding carboxylic acids is 2. The van der Waals surface area contributed by atoms with Crippen LogP contribution in [0, 0.1) is 0 Å². The quantitative estimate of drug-likeness (QED) is 0.671. The van der Waals surface area contributed by atoms with E-state index >= 15 is 0 Å². The molecule has 1 saturated heterocycles. The van der Waals surface area contributed by atoms with E-state index in [0.717, 1.165) is 30.0 Å². The van der Waals surface area contributed by atoms with Crippen LogP contribution in [0.1, 0.15) is 28.8 Å². The zero-order valence-corrected chi connectivity index (χ0v) is 16.0. The normalized spacial score (nSPS) is 13.4. The van der Waals surface area contributed by atoms with Gasteiger partial charge >= 0.3 is 0 Å². The van der Waals surface area contributed by atoms with Gasteiger partial charge in [-0.2, -0.15) is 0 Å². The lowest BCUT2D eigenvalue weighted by Crippen LogP contribution is -2.23. The molecule has 1 heterocycles. The highest BCUT2D eigenvalue weighted by Crippen LogP contribution is 2.23. The molecule has 4 rings (SSSR count). The second-order valence-electron chi connectivity index (χ2n) is 6.95. The number of nitrogens with one attached hydrogen (secondary N) is 1. The molecule has 5 heteroatoms. The van der Waals surface area contributed by atoms with Gasteiger partial charge < -0.3 is 15.0 Å². The van der Waals surface area contributed by atoms with E-state index in [1.807, 2.05) is 66.7 Å². The summed E-state index contributed by atoms with van der Waals surface area (Å²) in [5.74, 6) is 0.789. The van der Waals surface area contributed by atoms with E-state index in [4.69, 9.17) is 4.74 Å². The van der Waals surface area contributed by atoms with Crippen LogP contribution in [-0.2, 0) is 11.4 Å². The Morgan fingerprint density at radius 3 is 2.31 bits per heavy atom. The molecular weight excluding hydrogens is 364 g/mol. The summed E-state index contributed by atoms with van der Waals surface area (Å²) in [5.41, 5.74) is 3.13. The fraction of sp³-hybridized carbons (Fsp3) is 0.167. The SMILES string of the molecule is O=C(Nc1ccc(N2CCCC2=O)cc1)c1ccc(COc2ccccc2)cc1. The molecular formula is C24H22N2O3. The highest BCUT2D eigenvalue weighted by molar-refractivity contribution is 6.04. The first kappa shape index (κ1) is 18.7. The zero-order chi connectivity index (χ0) is 20.1. The maximum Gasteiger partial charge on any atom is 0.255 e. The molecule has 0 spiro atoms. The van der Waals surface area contributed by atoms with E-state index < -0.39 is 0 Å². The summed E-state index contributed by atoms with van der Waals surface area (Å²) in [6, 6.07) is 24.3. The number of amides is 2. The summed E-state index contributed by atoms with van der Waals surface area (Å²) >= 11 is 0. The Bertz CT molecular complexity index is 983. The highest BCUT2D eigenvalue weighted by atomic mass is 16.5. The predicted molar refractivity (Wildman–Crippen MR) is 113 cm³/mol. The minimum Gasteiger partial charge on any atom is -0.489 e. The Labute approximate surface area is 169 Å². The van der Waals surface area contributed by atoms with Gasteiger partial charge in [-0.05, 0) is 60.5 Å². The van der Waals surface area contributed by atoms with Gasteiger partial charge in [-0.25, -0.2) is 0 Å². The van der Waals surface area contributed by atoms with Gasteiger partial charge in [-0.15, -0.1) is 0 Å². The molecule has 1 aliphatic rings. The highest BCUT2D eigenvalue weighted by Gasteiger charge is 2.21. The largest absolute Gasteiger partial charge is 0.489 e. The number of nitrogens with zero attached hydrogens (tertiary/aromatic N) is 1. The van der Waals surface area contributed by atoms with Gasteiger partial charge in [-0.3, -0.25) is 9.59 Å². The zero-order valence-electron chi connectivity index (χ0n) is 16.0. The fourth-order valence-electron chi connectivity index (χ4n) is 3.28. The standard InChI is InChI=1S/C24H22N2O3/c27-23-7-4-16-26(23)21-14-12-20(13-15-21)25-24(28)19-10-8-18(9-11-19)17-29-22-5-2-1-3-6-22/h1-3,5-6,8-15H,4,7,16-17H2,(H,25,28). The molecule has 29 heavy (non-hydrogen) atoms. The van der Waals surface area contributed by atoms with Gasteiger partial charge in [0.2, 0.25) is 5.91 Å². The maximum atomic E-state index is 12.5. The average Bonchev–Trinajstić information content (AvgIpc) is 3.20. The van der Waals surface area contributed by atoms with E-state index in [0.29, 0.717) is 24.3 Å². The molecule has 0 bridgehead atoms. The van der Waals surface area contributed by atoms with Crippen molar-refractivity contribution in [3.63, 3.8) is 0 Å². The molecule has 5 nitrogen and oxygen atoms in total. The Morgan fingerprint density at radius 2 is 1.66 bits per heavy atom. The van der Waals surface area contributed by atoms with Gasteiger partial charge in [0.05, 0.1) is 0 Å². The summed E-state index contributed by atoms with van der Waals surface area (Å²) in [6.45, 7) is 1.20. The van der Waals surface area contributed by atoms with E-state index in [1.54, 1.807) is 17.0 Å². The first-order chi connectivity index (χ1) is 14.2. The van der Waals surface area contributed by atoms with Crippen LogP contribution in [0.5, 0.6) is 5.75 Å². The van der Waals surface area contributed by atoms with E-state index in [-0.39, 0.29) is 11.8 Å². The average molecular weight is 386 g/mol. The summed E-state index contributed by atoms with van der Waals surface area (Å²) in [6.07, 6.45) is 1.49. The van der Waals surface area contributed by atoms with E-state index in [1.165, 1.54) is 0 Å². The number of para-hydroxylation sites is 1. The van der Waals surface area contributed by atoms with Crippen LogP contribution in [0.15, 0.2) is 78.9 Å². The summed E-state index contributed by atoms with van der Waals surface area (Å²) < 4.78 is 5.72. The van der Waals surface area contributed by atoms with E-state index in [2.05, 4.69) is 5.32 Å². The van der Waals surface area contributed by atoms with Crippen molar-refractivity contribution < 1.29 is 14.3 Å². The second kappa shape index (κ2) is 8.61. The lowest BCUT2D eigenvalue weighted by molar-refractivity contribution is -0.117. The number of anilines is 2. The van der Waals surface area contributed by atoms with Crippen LogP contribution in [0.25, 0.3) is 0 Å².